The topological polar surface area (TPSA) is 187 Å². The van der Waals surface area contributed by atoms with Crippen LogP contribution in [0.3, 0.4) is 0 Å². The summed E-state index contributed by atoms with van der Waals surface area (Å²) in [5.41, 5.74) is 8.63. The summed E-state index contributed by atoms with van der Waals surface area (Å²) in [5, 5.41) is 27.7. The van der Waals surface area contributed by atoms with E-state index in [1.54, 1.807) is 50.4 Å². The number of hydrogen-bond acceptors (Lipinski definition) is 6. The van der Waals surface area contributed by atoms with Crippen molar-refractivity contribution >= 4 is 34.6 Å². The van der Waals surface area contributed by atoms with E-state index in [9.17, 15) is 29.4 Å². The van der Waals surface area contributed by atoms with Crippen molar-refractivity contribution in [2.24, 2.45) is 11.7 Å². The average molecular weight is 538 g/mol. The number of H-pyrrole nitrogens is 1. The Hall–Kier alpha value is -4.22. The second-order valence-corrected chi connectivity index (χ2v) is 9.73. The smallest absolute Gasteiger partial charge is 0.326 e. The predicted octanol–water partition coefficient (Wildman–Crippen LogP) is 0.468. The third-order valence-electron chi connectivity index (χ3n) is 6.41. The summed E-state index contributed by atoms with van der Waals surface area (Å²) in [6, 6.07) is 11.7. The van der Waals surface area contributed by atoms with Gasteiger partial charge in [0.1, 0.15) is 18.1 Å². The molecule has 1 heterocycles. The number of carbonyl (C=O) groups is 4. The highest BCUT2D eigenvalue weighted by Crippen LogP contribution is 2.19. The van der Waals surface area contributed by atoms with Crippen molar-refractivity contribution in [1.82, 2.24) is 20.9 Å². The molecule has 0 aliphatic carbocycles. The van der Waals surface area contributed by atoms with Crippen molar-refractivity contribution in [2.45, 2.75) is 50.9 Å². The van der Waals surface area contributed by atoms with E-state index in [1.807, 2.05) is 24.3 Å². The van der Waals surface area contributed by atoms with E-state index < -0.39 is 54.5 Å². The number of aromatic nitrogens is 1. The van der Waals surface area contributed by atoms with E-state index in [-0.39, 0.29) is 18.8 Å². The fourth-order valence-corrected chi connectivity index (χ4v) is 4.20. The van der Waals surface area contributed by atoms with Gasteiger partial charge in [-0.3, -0.25) is 14.4 Å². The van der Waals surface area contributed by atoms with Gasteiger partial charge in [-0.15, -0.1) is 0 Å². The summed E-state index contributed by atoms with van der Waals surface area (Å²) < 4.78 is 0. The number of aliphatic hydroxyl groups excluding tert-OH is 1. The molecule has 0 spiro atoms. The van der Waals surface area contributed by atoms with Crippen molar-refractivity contribution in [2.75, 3.05) is 6.61 Å². The van der Waals surface area contributed by atoms with Gasteiger partial charge in [0.05, 0.1) is 12.6 Å². The van der Waals surface area contributed by atoms with Gasteiger partial charge in [0.2, 0.25) is 17.7 Å². The quantitative estimate of drug-likeness (QED) is 0.165. The molecule has 0 saturated carbocycles. The number of para-hydroxylation sites is 1. The lowest BCUT2D eigenvalue weighted by Gasteiger charge is -2.26. The van der Waals surface area contributed by atoms with Gasteiger partial charge in [-0.2, -0.15) is 0 Å². The lowest BCUT2D eigenvalue weighted by molar-refractivity contribution is -0.142. The third-order valence-corrected chi connectivity index (χ3v) is 6.41. The fourth-order valence-electron chi connectivity index (χ4n) is 4.20. The number of hydrogen-bond donors (Lipinski definition) is 7. The minimum atomic E-state index is -1.42. The van der Waals surface area contributed by atoms with Crippen molar-refractivity contribution < 1.29 is 29.4 Å². The minimum absolute atomic E-state index is 0.0208. The van der Waals surface area contributed by atoms with E-state index in [0.717, 1.165) is 16.5 Å². The van der Waals surface area contributed by atoms with E-state index in [2.05, 4.69) is 20.9 Å². The summed E-state index contributed by atoms with van der Waals surface area (Å²) in [4.78, 5) is 53.5. The molecule has 0 fully saturated rings. The van der Waals surface area contributed by atoms with Crippen LogP contribution in [0.15, 0.2) is 60.8 Å². The Morgan fingerprint density at radius 1 is 0.846 bits per heavy atom. The molecule has 4 unspecified atom stereocenters. The van der Waals surface area contributed by atoms with Crippen LogP contribution in [-0.4, -0.2) is 69.7 Å². The summed E-state index contributed by atoms with van der Waals surface area (Å²) in [5.74, 6) is -3.75. The summed E-state index contributed by atoms with van der Waals surface area (Å²) in [6.07, 6.45) is 2.05. The molecule has 11 heteroatoms. The zero-order chi connectivity index (χ0) is 28.5. The maximum absolute atomic E-state index is 13.0. The van der Waals surface area contributed by atoms with E-state index >= 15 is 0 Å². The van der Waals surface area contributed by atoms with Crippen molar-refractivity contribution in [3.8, 4) is 0 Å². The van der Waals surface area contributed by atoms with Gasteiger partial charge in [0.15, 0.2) is 0 Å². The lowest BCUT2D eigenvalue weighted by Crippen LogP contribution is -2.59. The second kappa shape index (κ2) is 13.5. The highest BCUT2D eigenvalue weighted by molar-refractivity contribution is 5.94. The molecular weight excluding hydrogens is 502 g/mol. The molecule has 0 radical (unpaired) electrons. The number of carboxylic acid groups (broad SMARTS) is 1. The molecule has 11 nitrogen and oxygen atoms in total. The van der Waals surface area contributed by atoms with Crippen molar-refractivity contribution in [3.63, 3.8) is 0 Å². The van der Waals surface area contributed by atoms with Crippen molar-refractivity contribution in [3.05, 3.63) is 71.9 Å². The maximum Gasteiger partial charge on any atom is 0.326 e. The number of nitrogens with one attached hydrogen (secondary N) is 4. The van der Waals surface area contributed by atoms with Crippen LogP contribution in [-0.2, 0) is 32.0 Å². The van der Waals surface area contributed by atoms with Gasteiger partial charge in [-0.25, -0.2) is 4.79 Å². The van der Waals surface area contributed by atoms with Gasteiger partial charge < -0.3 is 36.9 Å². The standard InChI is InChI=1S/C28H35N5O6/c1-16(2)24(33-25(35)20(29)13-18-14-30-21-11-7-6-10-19(18)21)27(37)32-23(15-34)26(36)31-22(28(38)39)12-17-8-4-3-5-9-17/h3-11,14,16,20,22-24,30,34H,12-13,15,29H2,1-2H3,(H,31,36)(H,32,37)(H,33,35)(H,38,39). The van der Waals surface area contributed by atoms with Crippen LogP contribution in [0.5, 0.6) is 0 Å². The Balaban J connectivity index is 1.61. The third kappa shape index (κ3) is 7.88. The van der Waals surface area contributed by atoms with E-state index in [0.29, 0.717) is 5.56 Å². The Labute approximate surface area is 226 Å². The number of amides is 3. The number of carboxylic acids is 1. The first-order valence-corrected chi connectivity index (χ1v) is 12.7. The molecule has 2 aromatic carbocycles. The normalized spacial score (nSPS) is 14.3. The first-order chi connectivity index (χ1) is 18.6. The second-order valence-electron chi connectivity index (χ2n) is 9.73. The molecule has 39 heavy (non-hydrogen) atoms. The Bertz CT molecular complexity index is 1290. The summed E-state index contributed by atoms with van der Waals surface area (Å²) in [6.45, 7) is 2.65. The molecule has 1 aromatic heterocycles. The molecule has 0 bridgehead atoms. The minimum Gasteiger partial charge on any atom is -0.480 e. The molecule has 0 aliphatic rings. The number of aliphatic hydroxyl groups is 1. The Morgan fingerprint density at radius 3 is 2.13 bits per heavy atom. The van der Waals surface area contributed by atoms with Crippen LogP contribution >= 0.6 is 0 Å². The van der Waals surface area contributed by atoms with Gasteiger partial charge in [0.25, 0.3) is 0 Å². The monoisotopic (exact) mass is 537 g/mol. The zero-order valence-electron chi connectivity index (χ0n) is 21.9. The average Bonchev–Trinajstić information content (AvgIpc) is 3.32. The molecule has 208 valence electrons. The van der Waals surface area contributed by atoms with Crippen LogP contribution < -0.4 is 21.7 Å². The van der Waals surface area contributed by atoms with Gasteiger partial charge >= 0.3 is 5.97 Å². The Kier molecular flexibility index (Phi) is 10.2. The SMILES string of the molecule is CC(C)C(NC(=O)C(N)Cc1c[nH]c2ccccc12)C(=O)NC(CO)C(=O)NC(Cc1ccccc1)C(=O)O. The molecule has 3 amide bonds. The molecule has 3 rings (SSSR count). The van der Waals surface area contributed by atoms with Crippen LogP contribution in [0.25, 0.3) is 10.9 Å². The van der Waals surface area contributed by atoms with Crippen LogP contribution in [0, 0.1) is 5.92 Å². The first-order valence-electron chi connectivity index (χ1n) is 12.7. The number of nitrogens with two attached hydrogens (primary N) is 1. The van der Waals surface area contributed by atoms with Crippen LogP contribution in [0.2, 0.25) is 0 Å². The van der Waals surface area contributed by atoms with Crippen LogP contribution in [0.1, 0.15) is 25.0 Å². The number of carbonyl (C=O) groups excluding carboxylic acids is 3. The lowest BCUT2D eigenvalue weighted by atomic mass is 10.0. The van der Waals surface area contributed by atoms with E-state index in [4.69, 9.17) is 5.73 Å². The predicted molar refractivity (Wildman–Crippen MR) is 145 cm³/mol. The van der Waals surface area contributed by atoms with Gasteiger partial charge in [-0.05, 0) is 29.5 Å². The van der Waals surface area contributed by atoms with Crippen molar-refractivity contribution in [1.29, 1.82) is 0 Å². The summed E-state index contributed by atoms with van der Waals surface area (Å²) >= 11 is 0. The largest absolute Gasteiger partial charge is 0.480 e. The molecule has 8 N–H and O–H groups in total. The van der Waals surface area contributed by atoms with Gasteiger partial charge in [0, 0.05) is 23.5 Å². The molecule has 4 atom stereocenters. The molecule has 3 aromatic rings. The number of aliphatic carboxylic acids is 1. The molecular formula is C28H35N5O6. The highest BCUT2D eigenvalue weighted by Gasteiger charge is 2.31. The zero-order valence-corrected chi connectivity index (χ0v) is 21.9. The maximum atomic E-state index is 13.0. The first kappa shape index (κ1) is 29.3. The number of rotatable bonds is 13. The number of fused-ring (bicyclic) bond motifs is 1. The number of benzene rings is 2. The van der Waals surface area contributed by atoms with E-state index in [1.165, 1.54) is 0 Å². The fraction of sp³-hybridized carbons (Fsp3) is 0.357. The van der Waals surface area contributed by atoms with Gasteiger partial charge in [-0.1, -0.05) is 62.4 Å². The summed E-state index contributed by atoms with van der Waals surface area (Å²) in [7, 11) is 0. The highest BCUT2D eigenvalue weighted by atomic mass is 16.4. The Morgan fingerprint density at radius 2 is 1.49 bits per heavy atom. The molecule has 0 aliphatic heterocycles. The van der Waals surface area contributed by atoms with Crippen LogP contribution in [0.4, 0.5) is 0 Å². The molecule has 0 saturated heterocycles. The number of aromatic amines is 1.